The SMILES string of the molecule is O=C(Nc1cnc(OCCOC2CCCCO2)cn1)[C@H](CC1CC(F)C(F)C1)c1ccc(S(=O)(=O)C2CC2)cc1. The van der Waals surface area contributed by atoms with Crippen molar-refractivity contribution in [3.8, 4) is 5.88 Å². The summed E-state index contributed by atoms with van der Waals surface area (Å²) in [4.78, 5) is 22.0. The fraction of sp³-hybridized carbons (Fsp3) is 0.607. The van der Waals surface area contributed by atoms with Crippen molar-refractivity contribution in [3.05, 3.63) is 42.2 Å². The Morgan fingerprint density at radius 1 is 1.02 bits per heavy atom. The second-order valence-electron chi connectivity index (χ2n) is 10.7. The number of aromatic nitrogens is 2. The average Bonchev–Trinajstić information content (AvgIpc) is 3.77. The predicted molar refractivity (Wildman–Crippen MR) is 142 cm³/mol. The van der Waals surface area contributed by atoms with E-state index in [1.54, 1.807) is 12.1 Å². The maximum Gasteiger partial charge on any atom is 0.233 e. The van der Waals surface area contributed by atoms with E-state index >= 15 is 0 Å². The van der Waals surface area contributed by atoms with E-state index < -0.39 is 34.0 Å². The number of hydrogen-bond donors (Lipinski definition) is 1. The van der Waals surface area contributed by atoms with Gasteiger partial charge >= 0.3 is 0 Å². The van der Waals surface area contributed by atoms with E-state index in [2.05, 4.69) is 15.3 Å². The Kier molecular flexibility index (Phi) is 9.27. The van der Waals surface area contributed by atoms with Gasteiger partial charge in [0.05, 0.1) is 35.1 Å². The molecule has 218 valence electrons. The van der Waals surface area contributed by atoms with Crippen molar-refractivity contribution in [2.75, 3.05) is 25.1 Å². The van der Waals surface area contributed by atoms with Crippen molar-refractivity contribution in [3.63, 3.8) is 0 Å². The topological polar surface area (TPSA) is 117 Å². The molecule has 40 heavy (non-hydrogen) atoms. The monoisotopic (exact) mass is 579 g/mol. The third-order valence-corrected chi connectivity index (χ3v) is 9.90. The quantitative estimate of drug-likeness (QED) is 0.365. The van der Waals surface area contributed by atoms with Crippen LogP contribution in [0, 0.1) is 5.92 Å². The maximum atomic E-state index is 13.9. The molecule has 3 fully saturated rings. The van der Waals surface area contributed by atoms with Gasteiger partial charge in [0.25, 0.3) is 0 Å². The van der Waals surface area contributed by atoms with Crippen LogP contribution < -0.4 is 10.1 Å². The number of halogens is 2. The van der Waals surface area contributed by atoms with E-state index in [0.717, 1.165) is 19.3 Å². The molecule has 1 aromatic carbocycles. The molecule has 1 amide bonds. The lowest BCUT2D eigenvalue weighted by atomic mass is 9.87. The van der Waals surface area contributed by atoms with E-state index in [1.807, 2.05) is 0 Å². The summed E-state index contributed by atoms with van der Waals surface area (Å²) in [5.74, 6) is -1.03. The van der Waals surface area contributed by atoms with Crippen LogP contribution in [-0.4, -0.2) is 68.0 Å². The number of anilines is 1. The molecule has 1 aliphatic heterocycles. The fourth-order valence-electron chi connectivity index (χ4n) is 5.25. The van der Waals surface area contributed by atoms with Crippen LogP contribution in [0.2, 0.25) is 0 Å². The summed E-state index contributed by atoms with van der Waals surface area (Å²) in [6.07, 6.45) is 4.06. The van der Waals surface area contributed by atoms with Crippen molar-refractivity contribution in [1.29, 1.82) is 0 Å². The molecule has 0 bridgehead atoms. The number of carbonyl (C=O) groups excluding carboxylic acids is 1. The van der Waals surface area contributed by atoms with Gasteiger partial charge in [0.1, 0.15) is 19.0 Å². The zero-order chi connectivity index (χ0) is 28.1. The first-order valence-electron chi connectivity index (χ1n) is 13.9. The number of amides is 1. The van der Waals surface area contributed by atoms with E-state index in [1.165, 1.54) is 24.5 Å². The van der Waals surface area contributed by atoms with Crippen LogP contribution in [0.5, 0.6) is 5.88 Å². The van der Waals surface area contributed by atoms with E-state index in [-0.39, 0.29) is 59.9 Å². The first-order chi connectivity index (χ1) is 19.3. The van der Waals surface area contributed by atoms with Gasteiger partial charge in [0.15, 0.2) is 21.9 Å². The lowest BCUT2D eigenvalue weighted by molar-refractivity contribution is -0.165. The summed E-state index contributed by atoms with van der Waals surface area (Å²) in [6, 6.07) is 6.22. The van der Waals surface area contributed by atoms with Crippen LogP contribution in [0.25, 0.3) is 0 Å². The number of alkyl halides is 2. The Morgan fingerprint density at radius 2 is 1.77 bits per heavy atom. The number of nitrogens with zero attached hydrogens (tertiary/aromatic N) is 2. The van der Waals surface area contributed by atoms with Gasteiger partial charge in [-0.1, -0.05) is 12.1 Å². The molecule has 9 nitrogen and oxygen atoms in total. The Morgan fingerprint density at radius 3 is 2.40 bits per heavy atom. The molecular formula is C28H35F2N3O6S. The highest BCUT2D eigenvalue weighted by atomic mass is 32.2. The van der Waals surface area contributed by atoms with Crippen molar-refractivity contribution >= 4 is 21.6 Å². The van der Waals surface area contributed by atoms with Crippen LogP contribution in [0.3, 0.4) is 0 Å². The highest BCUT2D eigenvalue weighted by Gasteiger charge is 2.38. The van der Waals surface area contributed by atoms with E-state index in [9.17, 15) is 22.0 Å². The second-order valence-corrected chi connectivity index (χ2v) is 12.9. The molecule has 0 spiro atoms. The molecule has 1 aromatic heterocycles. The lowest BCUT2D eigenvalue weighted by Gasteiger charge is -2.22. The zero-order valence-corrected chi connectivity index (χ0v) is 23.0. The molecule has 3 aliphatic rings. The molecule has 2 aliphatic carbocycles. The van der Waals surface area contributed by atoms with E-state index in [0.29, 0.717) is 31.6 Å². The van der Waals surface area contributed by atoms with E-state index in [4.69, 9.17) is 14.2 Å². The molecule has 0 radical (unpaired) electrons. The van der Waals surface area contributed by atoms with Crippen molar-refractivity contribution in [2.45, 2.75) is 86.1 Å². The molecule has 12 heteroatoms. The van der Waals surface area contributed by atoms with Gasteiger partial charge in [0.2, 0.25) is 11.8 Å². The molecule has 2 aromatic rings. The second kappa shape index (κ2) is 12.9. The highest BCUT2D eigenvalue weighted by Crippen LogP contribution is 2.39. The van der Waals surface area contributed by atoms with Crippen LogP contribution in [0.4, 0.5) is 14.6 Å². The van der Waals surface area contributed by atoms with Gasteiger partial charge in [-0.15, -0.1) is 0 Å². The summed E-state index contributed by atoms with van der Waals surface area (Å²) < 4.78 is 69.6. The normalized spacial score (nSPS) is 25.9. The van der Waals surface area contributed by atoms with Gasteiger partial charge < -0.3 is 19.5 Å². The third-order valence-electron chi connectivity index (χ3n) is 7.62. The Balaban J connectivity index is 1.20. The third kappa shape index (κ3) is 7.32. The number of carbonyl (C=O) groups is 1. The van der Waals surface area contributed by atoms with Gasteiger partial charge in [-0.2, -0.15) is 0 Å². The minimum atomic E-state index is -3.38. The summed E-state index contributed by atoms with van der Waals surface area (Å²) in [7, 11) is -3.38. The molecule has 2 heterocycles. The molecule has 3 unspecified atom stereocenters. The van der Waals surface area contributed by atoms with Crippen LogP contribution in [0.15, 0.2) is 41.6 Å². The Labute approximate surface area is 232 Å². The number of sulfone groups is 1. The Bertz CT molecular complexity index is 1230. The van der Waals surface area contributed by atoms with Crippen molar-refractivity contribution < 1.29 is 36.2 Å². The fourth-order valence-corrected chi connectivity index (χ4v) is 6.90. The predicted octanol–water partition coefficient (Wildman–Crippen LogP) is 4.53. The number of rotatable bonds is 12. The standard InChI is InChI=1S/C28H35F2N3O6S/c29-23-14-18(15-24(23)30)13-22(19-4-6-20(7-5-19)40(35,36)21-8-9-21)28(34)33-25-16-32-26(17-31-25)37-11-12-39-27-3-1-2-10-38-27/h4-7,16-18,21-24,27H,1-3,8-15H2,(H,31,33,34)/t18?,22-,23?,24?,27?/m1/s1. The first-order valence-corrected chi connectivity index (χ1v) is 15.4. The van der Waals surface area contributed by atoms with Crippen LogP contribution >= 0.6 is 0 Å². The Hall–Kier alpha value is -2.70. The van der Waals surface area contributed by atoms with Gasteiger partial charge in [0, 0.05) is 6.61 Å². The highest BCUT2D eigenvalue weighted by molar-refractivity contribution is 7.92. The number of hydrogen-bond acceptors (Lipinski definition) is 8. The zero-order valence-electron chi connectivity index (χ0n) is 22.2. The van der Waals surface area contributed by atoms with Crippen LogP contribution in [0.1, 0.15) is 62.8 Å². The van der Waals surface area contributed by atoms with Gasteiger partial charge in [-0.3, -0.25) is 4.79 Å². The summed E-state index contributed by atoms with van der Waals surface area (Å²) in [5.41, 5.74) is 0.569. The molecule has 1 saturated heterocycles. The first kappa shape index (κ1) is 28.8. The average molecular weight is 580 g/mol. The van der Waals surface area contributed by atoms with Gasteiger partial charge in [-0.25, -0.2) is 27.2 Å². The minimum absolute atomic E-state index is 0.0432. The maximum absolute atomic E-state index is 13.9. The molecular weight excluding hydrogens is 544 g/mol. The summed E-state index contributed by atoms with van der Waals surface area (Å²) in [6.45, 7) is 1.31. The number of ether oxygens (including phenoxy) is 3. The molecule has 1 N–H and O–H groups in total. The summed E-state index contributed by atoms with van der Waals surface area (Å²) >= 11 is 0. The largest absolute Gasteiger partial charge is 0.474 e. The summed E-state index contributed by atoms with van der Waals surface area (Å²) in [5, 5.41) is 2.39. The molecule has 4 atom stereocenters. The lowest BCUT2D eigenvalue weighted by Crippen LogP contribution is -2.24. The smallest absolute Gasteiger partial charge is 0.233 e. The minimum Gasteiger partial charge on any atom is -0.474 e. The van der Waals surface area contributed by atoms with Crippen molar-refractivity contribution in [2.24, 2.45) is 5.92 Å². The van der Waals surface area contributed by atoms with Crippen molar-refractivity contribution in [1.82, 2.24) is 9.97 Å². The number of nitrogens with one attached hydrogen (secondary N) is 1. The molecule has 2 saturated carbocycles. The number of benzene rings is 1. The molecule has 5 rings (SSSR count). The van der Waals surface area contributed by atoms with Crippen LogP contribution in [-0.2, 0) is 24.1 Å². The van der Waals surface area contributed by atoms with Gasteiger partial charge in [-0.05, 0) is 75.0 Å².